The molecule has 6 heteroatoms. The summed E-state index contributed by atoms with van der Waals surface area (Å²) in [6, 6.07) is 8.35. The summed E-state index contributed by atoms with van der Waals surface area (Å²) in [7, 11) is 0. The number of aryl methyl sites for hydroxylation is 1. The second-order valence-corrected chi connectivity index (χ2v) is 9.92. The minimum absolute atomic E-state index is 0.0420. The fraction of sp³-hybridized carbons (Fsp3) is 0.667. The summed E-state index contributed by atoms with van der Waals surface area (Å²) in [5.41, 5.74) is 1.24. The van der Waals surface area contributed by atoms with Crippen LogP contribution in [-0.4, -0.2) is 37.0 Å². The zero-order valence-electron chi connectivity index (χ0n) is 19.1. The van der Waals surface area contributed by atoms with Gasteiger partial charge in [0, 0.05) is 22.6 Å². The van der Waals surface area contributed by atoms with Gasteiger partial charge in [0.1, 0.15) is 6.04 Å². The molecule has 1 atom stereocenters. The van der Waals surface area contributed by atoms with Crippen molar-refractivity contribution in [2.45, 2.75) is 84.7 Å². The van der Waals surface area contributed by atoms with Crippen molar-refractivity contribution in [1.29, 1.82) is 0 Å². The molecule has 2 amide bonds. The van der Waals surface area contributed by atoms with E-state index in [9.17, 15) is 9.59 Å². The molecule has 0 aromatic heterocycles. The van der Waals surface area contributed by atoms with E-state index in [-0.39, 0.29) is 11.8 Å². The number of amides is 2. The van der Waals surface area contributed by atoms with E-state index in [1.807, 2.05) is 0 Å². The van der Waals surface area contributed by atoms with Crippen LogP contribution in [0.5, 0.6) is 0 Å². The molecular formula is C24H40IN3O2. The standard InChI is InChI=1S/C24H40IN3O2/c1-18(2)8-6-17-27-24(30)22(10-7-16-26-19(3)4)28-23(29)11-5-9-20-12-14-21(25)15-13-20/h12-15,18-19,22,26H,5-11,16-17H2,1-4H3,(H,27,30)(H,28,29)/t22-/m0/s1. The van der Waals surface area contributed by atoms with Crippen molar-refractivity contribution < 1.29 is 9.59 Å². The molecule has 5 nitrogen and oxygen atoms in total. The van der Waals surface area contributed by atoms with E-state index in [1.54, 1.807) is 0 Å². The minimum atomic E-state index is -0.455. The first kappa shape index (κ1) is 26.9. The lowest BCUT2D eigenvalue weighted by atomic mass is 10.1. The number of hydrogen-bond acceptors (Lipinski definition) is 3. The fourth-order valence-corrected chi connectivity index (χ4v) is 3.54. The van der Waals surface area contributed by atoms with Gasteiger partial charge in [-0.05, 0) is 91.3 Å². The molecule has 0 radical (unpaired) electrons. The largest absolute Gasteiger partial charge is 0.354 e. The molecule has 1 aromatic carbocycles. The molecule has 0 aliphatic carbocycles. The third kappa shape index (κ3) is 13.2. The van der Waals surface area contributed by atoms with Crippen LogP contribution in [0.3, 0.4) is 0 Å². The normalized spacial score (nSPS) is 12.2. The number of halogens is 1. The molecule has 1 aromatic rings. The highest BCUT2D eigenvalue weighted by molar-refractivity contribution is 14.1. The Hall–Kier alpha value is -1.15. The van der Waals surface area contributed by atoms with E-state index in [4.69, 9.17) is 0 Å². The number of rotatable bonds is 15. The third-order valence-electron chi connectivity index (χ3n) is 4.91. The molecule has 170 valence electrons. The van der Waals surface area contributed by atoms with Crippen molar-refractivity contribution in [2.75, 3.05) is 13.1 Å². The van der Waals surface area contributed by atoms with E-state index < -0.39 is 6.04 Å². The number of nitrogens with one attached hydrogen (secondary N) is 3. The predicted molar refractivity (Wildman–Crippen MR) is 133 cm³/mol. The second kappa shape index (κ2) is 15.6. The van der Waals surface area contributed by atoms with Crippen LogP contribution < -0.4 is 16.0 Å². The van der Waals surface area contributed by atoms with Crippen LogP contribution in [0.25, 0.3) is 0 Å². The second-order valence-electron chi connectivity index (χ2n) is 8.68. The highest BCUT2D eigenvalue weighted by atomic mass is 127. The van der Waals surface area contributed by atoms with E-state index in [2.05, 4.69) is 90.5 Å². The lowest BCUT2D eigenvalue weighted by Crippen LogP contribution is -2.47. The molecular weight excluding hydrogens is 489 g/mol. The first-order chi connectivity index (χ1) is 14.3. The Kier molecular flexibility index (Phi) is 14.0. The Morgan fingerprint density at radius 3 is 2.23 bits per heavy atom. The molecule has 0 unspecified atom stereocenters. The summed E-state index contributed by atoms with van der Waals surface area (Å²) >= 11 is 2.29. The molecule has 0 spiro atoms. The average Bonchev–Trinajstić information content (AvgIpc) is 2.68. The van der Waals surface area contributed by atoms with Gasteiger partial charge in [0.2, 0.25) is 11.8 Å². The molecule has 0 heterocycles. The van der Waals surface area contributed by atoms with E-state index in [0.29, 0.717) is 31.3 Å². The SMILES string of the molecule is CC(C)CCCNC(=O)[C@H](CCCNC(C)C)NC(=O)CCCc1ccc(I)cc1. The first-order valence-corrected chi connectivity index (χ1v) is 12.4. The average molecular weight is 530 g/mol. The van der Waals surface area contributed by atoms with E-state index >= 15 is 0 Å². The van der Waals surface area contributed by atoms with Gasteiger partial charge in [0.05, 0.1) is 0 Å². The van der Waals surface area contributed by atoms with Crippen LogP contribution in [0, 0.1) is 9.49 Å². The predicted octanol–water partition coefficient (Wildman–Crippen LogP) is 4.43. The van der Waals surface area contributed by atoms with Crippen molar-refractivity contribution in [3.63, 3.8) is 0 Å². The summed E-state index contributed by atoms with van der Waals surface area (Å²) in [5.74, 6) is 0.529. The van der Waals surface area contributed by atoms with Gasteiger partial charge in [0.15, 0.2) is 0 Å². The molecule has 0 saturated carbocycles. The van der Waals surface area contributed by atoms with Gasteiger partial charge in [0.25, 0.3) is 0 Å². The molecule has 1 rings (SSSR count). The smallest absolute Gasteiger partial charge is 0.242 e. The summed E-state index contributed by atoms with van der Waals surface area (Å²) < 4.78 is 1.21. The molecule has 0 bridgehead atoms. The maximum Gasteiger partial charge on any atom is 0.242 e. The summed E-state index contributed by atoms with van der Waals surface area (Å²) in [6.07, 6.45) is 5.65. The minimum Gasteiger partial charge on any atom is -0.354 e. The molecule has 0 aliphatic rings. The summed E-state index contributed by atoms with van der Waals surface area (Å²) in [4.78, 5) is 25.1. The van der Waals surface area contributed by atoms with Gasteiger partial charge in [-0.2, -0.15) is 0 Å². The van der Waals surface area contributed by atoms with Crippen molar-refractivity contribution in [1.82, 2.24) is 16.0 Å². The number of carbonyl (C=O) groups is 2. The maximum absolute atomic E-state index is 12.6. The monoisotopic (exact) mass is 529 g/mol. The lowest BCUT2D eigenvalue weighted by molar-refractivity contribution is -0.129. The topological polar surface area (TPSA) is 70.2 Å². The van der Waals surface area contributed by atoms with Gasteiger partial charge in [-0.3, -0.25) is 9.59 Å². The molecule has 30 heavy (non-hydrogen) atoms. The van der Waals surface area contributed by atoms with Crippen LogP contribution in [0.2, 0.25) is 0 Å². The Labute approximate surface area is 196 Å². The van der Waals surface area contributed by atoms with Crippen LogP contribution >= 0.6 is 22.6 Å². The zero-order chi connectivity index (χ0) is 22.4. The van der Waals surface area contributed by atoms with Crippen LogP contribution in [0.1, 0.15) is 71.8 Å². The van der Waals surface area contributed by atoms with Gasteiger partial charge < -0.3 is 16.0 Å². The highest BCUT2D eigenvalue weighted by Crippen LogP contribution is 2.10. The molecule has 0 fully saturated rings. The Balaban J connectivity index is 2.45. The quantitative estimate of drug-likeness (QED) is 0.233. The van der Waals surface area contributed by atoms with E-state index in [0.717, 1.165) is 38.6 Å². The van der Waals surface area contributed by atoms with Crippen molar-refractivity contribution >= 4 is 34.4 Å². The van der Waals surface area contributed by atoms with Gasteiger partial charge >= 0.3 is 0 Å². The fourth-order valence-electron chi connectivity index (χ4n) is 3.18. The Bertz CT molecular complexity index is 617. The molecule has 3 N–H and O–H groups in total. The molecule has 0 aliphatic heterocycles. The van der Waals surface area contributed by atoms with Crippen molar-refractivity contribution in [2.24, 2.45) is 5.92 Å². The third-order valence-corrected chi connectivity index (χ3v) is 5.63. The van der Waals surface area contributed by atoms with Gasteiger partial charge in [-0.1, -0.05) is 39.8 Å². The van der Waals surface area contributed by atoms with Gasteiger partial charge in [-0.25, -0.2) is 0 Å². The zero-order valence-corrected chi connectivity index (χ0v) is 21.3. The number of hydrogen-bond donors (Lipinski definition) is 3. The van der Waals surface area contributed by atoms with Crippen molar-refractivity contribution in [3.8, 4) is 0 Å². The summed E-state index contributed by atoms with van der Waals surface area (Å²) in [5, 5.41) is 9.34. The van der Waals surface area contributed by atoms with Crippen molar-refractivity contribution in [3.05, 3.63) is 33.4 Å². The van der Waals surface area contributed by atoms with Crippen LogP contribution in [0.4, 0.5) is 0 Å². The molecule has 0 saturated heterocycles. The maximum atomic E-state index is 12.6. The lowest BCUT2D eigenvalue weighted by Gasteiger charge is -2.19. The van der Waals surface area contributed by atoms with Crippen LogP contribution in [-0.2, 0) is 16.0 Å². The van der Waals surface area contributed by atoms with Crippen LogP contribution in [0.15, 0.2) is 24.3 Å². The van der Waals surface area contributed by atoms with Gasteiger partial charge in [-0.15, -0.1) is 0 Å². The highest BCUT2D eigenvalue weighted by Gasteiger charge is 2.20. The summed E-state index contributed by atoms with van der Waals surface area (Å²) in [6.45, 7) is 10.1. The Morgan fingerprint density at radius 2 is 1.60 bits per heavy atom. The number of carbonyl (C=O) groups excluding carboxylic acids is 2. The Morgan fingerprint density at radius 1 is 0.933 bits per heavy atom. The van der Waals surface area contributed by atoms with E-state index in [1.165, 1.54) is 9.13 Å². The number of benzene rings is 1. The first-order valence-electron chi connectivity index (χ1n) is 11.3.